The molecule has 1 N–H and O–H groups in total. The molecule has 0 bridgehead atoms. The van der Waals surface area contributed by atoms with Crippen molar-refractivity contribution in [2.75, 3.05) is 0 Å². The third-order valence-corrected chi connectivity index (χ3v) is 6.68. The molecule has 1 aliphatic carbocycles. The molecule has 1 aliphatic rings. The highest BCUT2D eigenvalue weighted by Gasteiger charge is 2.33. The summed E-state index contributed by atoms with van der Waals surface area (Å²) < 4.78 is 34.6. The van der Waals surface area contributed by atoms with E-state index in [4.69, 9.17) is 14.2 Å². The number of aryl methyl sites for hydroxylation is 1. The second kappa shape index (κ2) is 11.0. The number of hydrogen-bond acceptors (Lipinski definition) is 5. The number of nitrogens with one attached hydrogen (secondary N) is 1. The molecule has 2 aromatic heterocycles. The van der Waals surface area contributed by atoms with Crippen molar-refractivity contribution in [3.05, 3.63) is 84.2 Å². The van der Waals surface area contributed by atoms with E-state index in [9.17, 15) is 4.79 Å². The van der Waals surface area contributed by atoms with Gasteiger partial charge in [0.15, 0.2) is 11.6 Å². The van der Waals surface area contributed by atoms with Crippen LogP contribution < -0.4 is 14.8 Å². The van der Waals surface area contributed by atoms with Crippen molar-refractivity contribution in [2.24, 2.45) is 0 Å². The number of pyridine rings is 1. The topological polar surface area (TPSA) is 74.1 Å². The van der Waals surface area contributed by atoms with Gasteiger partial charge in [-0.3, -0.25) is 0 Å². The van der Waals surface area contributed by atoms with Crippen LogP contribution in [0, 0.1) is 5.82 Å². The number of carbonyl (C=O) groups excluding carboxylic acids is 1. The Balaban J connectivity index is 1.33. The Labute approximate surface area is 227 Å². The highest BCUT2D eigenvalue weighted by Crippen LogP contribution is 2.36. The number of ether oxygens (including phenoxy) is 3. The first-order valence-electron chi connectivity index (χ1n) is 13.3. The quantitative estimate of drug-likeness (QED) is 0.273. The van der Waals surface area contributed by atoms with E-state index in [1.165, 1.54) is 6.07 Å². The van der Waals surface area contributed by atoms with Gasteiger partial charge in [0, 0.05) is 30.6 Å². The standard InChI is InChI=1S/C31H34FN3O4/c1-5-21-11-28(37-18-20-9-7-6-8-10-20)26(32)15-25(21)22-12-29(27-16-33-19-35(27)17-22)38-24-13-23(14-24)34-30(36)39-31(2,3)4/h6-12,15-17,19,23-24H,5,13-14,18H2,1-4H3,(H,34,36). The second-order valence-electron chi connectivity index (χ2n) is 10.9. The summed E-state index contributed by atoms with van der Waals surface area (Å²) in [5.74, 6) is 0.483. The average Bonchev–Trinajstić information content (AvgIpc) is 3.35. The van der Waals surface area contributed by atoms with E-state index in [0.717, 1.165) is 27.8 Å². The Bertz CT molecular complexity index is 1460. The molecule has 0 saturated heterocycles. The minimum atomic E-state index is -0.541. The number of halogens is 1. The lowest BCUT2D eigenvalue weighted by atomic mass is 9.89. The fourth-order valence-corrected chi connectivity index (χ4v) is 4.68. The van der Waals surface area contributed by atoms with Gasteiger partial charge in [-0.25, -0.2) is 14.2 Å². The molecular formula is C31H34FN3O4. The van der Waals surface area contributed by atoms with Gasteiger partial charge in [-0.1, -0.05) is 37.3 Å². The van der Waals surface area contributed by atoms with Gasteiger partial charge in [0.1, 0.15) is 29.6 Å². The molecule has 0 aliphatic heterocycles. The molecule has 1 fully saturated rings. The number of fused-ring (bicyclic) bond motifs is 1. The molecule has 0 atom stereocenters. The van der Waals surface area contributed by atoms with Crippen molar-refractivity contribution in [1.82, 2.24) is 14.7 Å². The molecule has 1 amide bonds. The number of nitrogens with zero attached hydrogens (tertiary/aromatic N) is 2. The molecule has 1 saturated carbocycles. The van der Waals surface area contributed by atoms with Crippen LogP contribution in [0.25, 0.3) is 16.6 Å². The Morgan fingerprint density at radius 2 is 1.90 bits per heavy atom. The van der Waals surface area contributed by atoms with Gasteiger partial charge in [0.05, 0.1) is 12.5 Å². The first-order valence-corrected chi connectivity index (χ1v) is 13.3. The summed E-state index contributed by atoms with van der Waals surface area (Å²) in [5, 5.41) is 2.89. The summed E-state index contributed by atoms with van der Waals surface area (Å²) in [6.45, 7) is 7.85. The third-order valence-electron chi connectivity index (χ3n) is 6.68. The highest BCUT2D eigenvalue weighted by molar-refractivity contribution is 5.74. The average molecular weight is 532 g/mol. The maximum atomic E-state index is 15.2. The summed E-state index contributed by atoms with van der Waals surface area (Å²) in [6.07, 6.45) is 6.95. The summed E-state index contributed by atoms with van der Waals surface area (Å²) in [4.78, 5) is 16.3. The van der Waals surface area contributed by atoms with Crippen molar-refractivity contribution < 1.29 is 23.4 Å². The van der Waals surface area contributed by atoms with E-state index in [2.05, 4.69) is 10.3 Å². The largest absolute Gasteiger partial charge is 0.488 e. The maximum absolute atomic E-state index is 15.2. The van der Waals surface area contributed by atoms with Gasteiger partial charge in [0.25, 0.3) is 0 Å². The minimum Gasteiger partial charge on any atom is -0.488 e. The van der Waals surface area contributed by atoms with Crippen molar-refractivity contribution in [2.45, 2.75) is 71.3 Å². The van der Waals surface area contributed by atoms with E-state index in [1.54, 1.807) is 18.6 Å². The van der Waals surface area contributed by atoms with Crippen LogP contribution in [0.5, 0.6) is 11.5 Å². The monoisotopic (exact) mass is 531 g/mol. The number of aromatic nitrogens is 2. The van der Waals surface area contributed by atoms with Crippen LogP contribution >= 0.6 is 0 Å². The SMILES string of the molecule is CCc1cc(OCc2ccccc2)c(F)cc1-c1cc(OC2CC(NC(=O)OC(C)(C)C)C2)c2cncn2c1. The number of rotatable bonds is 8. The first-order chi connectivity index (χ1) is 18.7. The predicted octanol–water partition coefficient (Wildman–Crippen LogP) is 6.72. The van der Waals surface area contributed by atoms with Crippen molar-refractivity contribution in [1.29, 1.82) is 0 Å². The molecule has 2 heterocycles. The van der Waals surface area contributed by atoms with Crippen molar-refractivity contribution in [3.63, 3.8) is 0 Å². The molecule has 8 heteroatoms. The summed E-state index contributed by atoms with van der Waals surface area (Å²) >= 11 is 0. The van der Waals surface area contributed by atoms with E-state index in [1.807, 2.05) is 74.7 Å². The third kappa shape index (κ3) is 6.33. The van der Waals surface area contributed by atoms with Gasteiger partial charge in [0.2, 0.25) is 0 Å². The smallest absolute Gasteiger partial charge is 0.407 e. The molecule has 2 aromatic carbocycles. The summed E-state index contributed by atoms with van der Waals surface area (Å²) in [6, 6.07) is 15.0. The number of amides is 1. The lowest BCUT2D eigenvalue weighted by Gasteiger charge is -2.36. The lowest BCUT2D eigenvalue weighted by molar-refractivity contribution is 0.0365. The molecule has 0 unspecified atom stereocenters. The van der Waals surface area contributed by atoms with E-state index in [0.29, 0.717) is 31.6 Å². The van der Waals surface area contributed by atoms with Gasteiger partial charge in [-0.15, -0.1) is 0 Å². The van der Waals surface area contributed by atoms with Crippen molar-refractivity contribution in [3.8, 4) is 22.6 Å². The Morgan fingerprint density at radius 3 is 2.62 bits per heavy atom. The van der Waals surface area contributed by atoms with Gasteiger partial charge in [-0.2, -0.15) is 0 Å². The van der Waals surface area contributed by atoms with Crippen molar-refractivity contribution >= 4 is 11.6 Å². The summed E-state index contributed by atoms with van der Waals surface area (Å²) in [7, 11) is 0. The van der Waals surface area contributed by atoms with Crippen LogP contribution in [0.3, 0.4) is 0 Å². The first kappa shape index (κ1) is 26.5. The molecule has 0 spiro atoms. The predicted molar refractivity (Wildman–Crippen MR) is 148 cm³/mol. The molecular weight excluding hydrogens is 497 g/mol. The maximum Gasteiger partial charge on any atom is 0.407 e. The van der Waals surface area contributed by atoms with Crippen LogP contribution in [-0.2, 0) is 17.8 Å². The van der Waals surface area contributed by atoms with Gasteiger partial charge < -0.3 is 23.9 Å². The Morgan fingerprint density at radius 1 is 1.13 bits per heavy atom. The number of hydrogen-bond donors (Lipinski definition) is 1. The molecule has 7 nitrogen and oxygen atoms in total. The molecule has 39 heavy (non-hydrogen) atoms. The zero-order valence-electron chi connectivity index (χ0n) is 22.7. The fourth-order valence-electron chi connectivity index (χ4n) is 4.68. The fraction of sp³-hybridized carbons (Fsp3) is 0.355. The second-order valence-corrected chi connectivity index (χ2v) is 10.9. The lowest BCUT2D eigenvalue weighted by Crippen LogP contribution is -2.50. The molecule has 5 rings (SSSR count). The zero-order chi connectivity index (χ0) is 27.6. The van der Waals surface area contributed by atoms with Gasteiger partial charge >= 0.3 is 6.09 Å². The molecule has 204 valence electrons. The van der Waals surface area contributed by atoms with Crippen LogP contribution in [0.15, 0.2) is 67.3 Å². The molecule has 0 radical (unpaired) electrons. The van der Waals surface area contributed by atoms with Crippen LogP contribution in [0.2, 0.25) is 0 Å². The van der Waals surface area contributed by atoms with E-state index >= 15 is 4.39 Å². The van der Waals surface area contributed by atoms with Crippen LogP contribution in [-0.4, -0.2) is 33.2 Å². The highest BCUT2D eigenvalue weighted by atomic mass is 19.1. The van der Waals surface area contributed by atoms with E-state index in [-0.39, 0.29) is 17.9 Å². The molecule has 4 aromatic rings. The van der Waals surface area contributed by atoms with Crippen LogP contribution in [0.4, 0.5) is 9.18 Å². The number of alkyl carbamates (subject to hydrolysis) is 1. The van der Waals surface area contributed by atoms with E-state index < -0.39 is 17.5 Å². The van der Waals surface area contributed by atoms with Gasteiger partial charge in [-0.05, 0) is 62.1 Å². The number of carbonyl (C=O) groups is 1. The van der Waals surface area contributed by atoms with Crippen LogP contribution in [0.1, 0.15) is 51.7 Å². The number of benzene rings is 2. The normalized spacial score (nSPS) is 16.9. The number of imidazole rings is 1. The zero-order valence-corrected chi connectivity index (χ0v) is 22.7. The Kier molecular flexibility index (Phi) is 7.46. The Hall–Kier alpha value is -4.07. The summed E-state index contributed by atoms with van der Waals surface area (Å²) in [5.41, 5.74) is 3.83. The minimum absolute atomic E-state index is 0.00168.